The van der Waals surface area contributed by atoms with Crippen molar-refractivity contribution in [2.45, 2.75) is 50.8 Å². The fraction of sp³-hybridized carbons (Fsp3) is 1.00. The van der Waals surface area contributed by atoms with Gasteiger partial charge in [0.05, 0.1) is 25.9 Å². The minimum Gasteiger partial charge on any atom is -0.377 e. The molecule has 1 aliphatic carbocycles. The third-order valence-corrected chi connectivity index (χ3v) is 2.58. The molecule has 90 valence electrons. The molecule has 3 atom stereocenters. The molecule has 0 aromatic rings. The van der Waals surface area contributed by atoms with Gasteiger partial charge in [-0.1, -0.05) is 12.8 Å². The van der Waals surface area contributed by atoms with Crippen LogP contribution in [0.25, 0.3) is 0 Å². The summed E-state index contributed by atoms with van der Waals surface area (Å²) in [4.78, 5) is 0. The van der Waals surface area contributed by atoms with Gasteiger partial charge in [0.2, 0.25) is 0 Å². The van der Waals surface area contributed by atoms with E-state index in [-0.39, 0.29) is 12.1 Å². The largest absolute Gasteiger partial charge is 0.377 e. The summed E-state index contributed by atoms with van der Waals surface area (Å²) in [6.07, 6.45) is 5.38. The first kappa shape index (κ1) is 12.9. The Kier molecular flexibility index (Phi) is 6.17. The van der Waals surface area contributed by atoms with Crippen LogP contribution in [-0.4, -0.2) is 38.0 Å². The lowest BCUT2D eigenvalue weighted by molar-refractivity contribution is 0.385. The molecule has 0 amide bonds. The Morgan fingerprint density at radius 2 is 1.33 bits per heavy atom. The number of hydrogen-bond acceptors (Lipinski definition) is 4. The standard InChI is InChI=1S/C6H14N2.C3H6O.C2H4O/c7-5-3-1-2-4-6(5)8;1-3-2-4-3;1-2-3-1/h5-6H,1-4,7-8H2;3H,2H2,1H3;1-2H2. The topological polar surface area (TPSA) is 77.1 Å². The van der Waals surface area contributed by atoms with Crippen molar-refractivity contribution < 1.29 is 9.47 Å². The monoisotopic (exact) mass is 216 g/mol. The zero-order valence-electron chi connectivity index (χ0n) is 9.65. The third kappa shape index (κ3) is 8.81. The number of epoxide rings is 2. The predicted octanol–water partition coefficient (Wildman–Crippen LogP) is 0.637. The van der Waals surface area contributed by atoms with Crippen molar-refractivity contribution in [3.05, 3.63) is 0 Å². The molecule has 2 saturated heterocycles. The average Bonchev–Trinajstić information content (AvgIpc) is 3.00. The Labute approximate surface area is 92.3 Å². The summed E-state index contributed by atoms with van der Waals surface area (Å²) in [7, 11) is 0. The zero-order chi connectivity index (χ0) is 11.1. The smallest absolute Gasteiger partial charge is 0.0781 e. The van der Waals surface area contributed by atoms with Gasteiger partial charge in [0, 0.05) is 12.1 Å². The van der Waals surface area contributed by atoms with Crippen molar-refractivity contribution >= 4 is 0 Å². The number of hydrogen-bond donors (Lipinski definition) is 2. The number of rotatable bonds is 0. The summed E-state index contributed by atoms with van der Waals surface area (Å²) in [6, 6.07) is 0.562. The zero-order valence-corrected chi connectivity index (χ0v) is 9.65. The molecule has 2 heterocycles. The van der Waals surface area contributed by atoms with Crippen LogP contribution in [0.4, 0.5) is 0 Å². The van der Waals surface area contributed by atoms with E-state index >= 15 is 0 Å². The van der Waals surface area contributed by atoms with Crippen LogP contribution in [0.5, 0.6) is 0 Å². The minimum absolute atomic E-state index is 0.281. The molecule has 3 unspecified atom stereocenters. The predicted molar refractivity (Wildman–Crippen MR) is 60.7 cm³/mol. The molecule has 3 aliphatic rings. The molecule has 15 heavy (non-hydrogen) atoms. The molecule has 0 spiro atoms. The van der Waals surface area contributed by atoms with E-state index in [0.29, 0.717) is 6.10 Å². The molecule has 0 aromatic carbocycles. The van der Waals surface area contributed by atoms with Gasteiger partial charge in [0.1, 0.15) is 0 Å². The second kappa shape index (κ2) is 7.17. The van der Waals surface area contributed by atoms with E-state index in [1.807, 2.05) is 0 Å². The first-order valence-electron chi connectivity index (χ1n) is 5.90. The minimum atomic E-state index is 0.281. The molecule has 2 aliphatic heterocycles. The highest BCUT2D eigenvalue weighted by Gasteiger charge is 2.16. The highest BCUT2D eigenvalue weighted by molar-refractivity contribution is 4.79. The Hall–Kier alpha value is -0.160. The fourth-order valence-electron chi connectivity index (χ4n) is 1.28. The van der Waals surface area contributed by atoms with Crippen molar-refractivity contribution in [1.29, 1.82) is 0 Å². The molecular formula is C11H24N2O2. The summed E-state index contributed by atoms with van der Waals surface area (Å²) in [6.45, 7) is 5.04. The molecule has 0 radical (unpaired) electrons. The maximum absolute atomic E-state index is 5.65. The van der Waals surface area contributed by atoms with Gasteiger partial charge in [-0.3, -0.25) is 0 Å². The van der Waals surface area contributed by atoms with Crippen molar-refractivity contribution in [3.8, 4) is 0 Å². The number of nitrogens with two attached hydrogens (primary N) is 2. The fourth-order valence-corrected chi connectivity index (χ4v) is 1.28. The van der Waals surface area contributed by atoms with E-state index in [2.05, 4.69) is 11.7 Å². The van der Waals surface area contributed by atoms with Crippen LogP contribution in [0.2, 0.25) is 0 Å². The maximum Gasteiger partial charge on any atom is 0.0781 e. The average molecular weight is 216 g/mol. The highest BCUT2D eigenvalue weighted by Crippen LogP contribution is 2.14. The molecule has 0 aromatic heterocycles. The second-order valence-corrected chi connectivity index (χ2v) is 4.37. The highest BCUT2D eigenvalue weighted by atomic mass is 16.6. The summed E-state index contributed by atoms with van der Waals surface area (Å²) >= 11 is 0. The Bertz CT molecular complexity index is 148. The number of ether oxygens (including phenoxy) is 2. The van der Waals surface area contributed by atoms with Gasteiger partial charge in [-0.25, -0.2) is 0 Å². The van der Waals surface area contributed by atoms with Gasteiger partial charge >= 0.3 is 0 Å². The van der Waals surface area contributed by atoms with Crippen LogP contribution >= 0.6 is 0 Å². The van der Waals surface area contributed by atoms with E-state index in [0.717, 1.165) is 32.7 Å². The molecule has 3 fully saturated rings. The SMILES string of the molecule is C1CO1.CC1CO1.NC1CCCCC1N. The molecule has 1 saturated carbocycles. The normalized spacial score (nSPS) is 36.6. The lowest BCUT2D eigenvalue weighted by Crippen LogP contribution is -2.43. The van der Waals surface area contributed by atoms with Crippen molar-refractivity contribution in [1.82, 2.24) is 0 Å². The second-order valence-electron chi connectivity index (χ2n) is 4.37. The van der Waals surface area contributed by atoms with E-state index in [9.17, 15) is 0 Å². The first-order chi connectivity index (χ1) is 7.20. The lowest BCUT2D eigenvalue weighted by Gasteiger charge is -2.24. The van der Waals surface area contributed by atoms with Gasteiger partial charge in [-0.15, -0.1) is 0 Å². The maximum atomic E-state index is 5.65. The van der Waals surface area contributed by atoms with Crippen LogP contribution in [0.15, 0.2) is 0 Å². The lowest BCUT2D eigenvalue weighted by atomic mass is 9.92. The van der Waals surface area contributed by atoms with E-state index in [1.54, 1.807) is 0 Å². The summed E-state index contributed by atoms with van der Waals surface area (Å²) in [5.41, 5.74) is 11.3. The summed E-state index contributed by atoms with van der Waals surface area (Å²) < 4.78 is 9.21. The van der Waals surface area contributed by atoms with Crippen molar-refractivity contribution in [3.63, 3.8) is 0 Å². The van der Waals surface area contributed by atoms with Gasteiger partial charge in [-0.2, -0.15) is 0 Å². The van der Waals surface area contributed by atoms with Crippen LogP contribution in [-0.2, 0) is 9.47 Å². The summed E-state index contributed by atoms with van der Waals surface area (Å²) in [5.74, 6) is 0. The quantitative estimate of drug-likeness (QED) is 0.582. The molecule has 4 N–H and O–H groups in total. The molecular weight excluding hydrogens is 192 g/mol. The molecule has 0 bridgehead atoms. The van der Waals surface area contributed by atoms with Gasteiger partial charge < -0.3 is 20.9 Å². The van der Waals surface area contributed by atoms with E-state index < -0.39 is 0 Å². The summed E-state index contributed by atoms with van der Waals surface area (Å²) in [5, 5.41) is 0. The van der Waals surface area contributed by atoms with Crippen LogP contribution in [0.1, 0.15) is 32.6 Å². The van der Waals surface area contributed by atoms with Crippen LogP contribution in [0, 0.1) is 0 Å². The van der Waals surface area contributed by atoms with Gasteiger partial charge in [-0.05, 0) is 19.8 Å². The van der Waals surface area contributed by atoms with Crippen LogP contribution in [0.3, 0.4) is 0 Å². The van der Waals surface area contributed by atoms with Gasteiger partial charge in [0.15, 0.2) is 0 Å². The first-order valence-corrected chi connectivity index (χ1v) is 5.90. The Morgan fingerprint density at radius 3 is 1.47 bits per heavy atom. The third-order valence-electron chi connectivity index (χ3n) is 2.58. The molecule has 3 rings (SSSR count). The van der Waals surface area contributed by atoms with Gasteiger partial charge in [0.25, 0.3) is 0 Å². The Balaban J connectivity index is 0.000000132. The Morgan fingerprint density at radius 1 is 1.00 bits per heavy atom. The molecule has 4 nitrogen and oxygen atoms in total. The van der Waals surface area contributed by atoms with Crippen molar-refractivity contribution in [2.24, 2.45) is 11.5 Å². The van der Waals surface area contributed by atoms with Crippen LogP contribution < -0.4 is 11.5 Å². The van der Waals surface area contributed by atoms with Crippen molar-refractivity contribution in [2.75, 3.05) is 19.8 Å². The van der Waals surface area contributed by atoms with E-state index in [4.69, 9.17) is 16.2 Å². The van der Waals surface area contributed by atoms with E-state index in [1.165, 1.54) is 12.8 Å². The molecule has 4 heteroatoms.